The molecule has 0 bridgehead atoms. The molecule has 0 aromatic carbocycles. The lowest BCUT2D eigenvalue weighted by molar-refractivity contribution is 0.0944. The molecule has 7 nitrogen and oxygen atoms in total. The molecule has 7 heteroatoms. The number of anilines is 1. The summed E-state index contributed by atoms with van der Waals surface area (Å²) in [4.78, 5) is 19.3. The van der Waals surface area contributed by atoms with Gasteiger partial charge in [0.25, 0.3) is 5.91 Å². The molecular formula is C20H28N6O. The van der Waals surface area contributed by atoms with Crippen molar-refractivity contribution in [2.24, 2.45) is 0 Å². The smallest absolute Gasteiger partial charge is 0.272 e. The van der Waals surface area contributed by atoms with Crippen molar-refractivity contribution in [1.29, 1.82) is 0 Å². The number of hydrogen-bond donors (Lipinski definition) is 2. The van der Waals surface area contributed by atoms with Crippen molar-refractivity contribution in [1.82, 2.24) is 25.4 Å². The van der Waals surface area contributed by atoms with Gasteiger partial charge < -0.3 is 15.5 Å². The van der Waals surface area contributed by atoms with Crippen LogP contribution in [0.2, 0.25) is 0 Å². The fraction of sp³-hybridized carbons (Fsp3) is 0.550. The van der Waals surface area contributed by atoms with E-state index in [-0.39, 0.29) is 5.91 Å². The first kappa shape index (κ1) is 18.0. The van der Waals surface area contributed by atoms with E-state index in [0.29, 0.717) is 18.3 Å². The highest BCUT2D eigenvalue weighted by atomic mass is 16.1. The van der Waals surface area contributed by atoms with Gasteiger partial charge in [-0.3, -0.25) is 9.48 Å². The van der Waals surface area contributed by atoms with E-state index >= 15 is 0 Å². The van der Waals surface area contributed by atoms with Crippen molar-refractivity contribution >= 4 is 11.7 Å². The molecule has 2 saturated heterocycles. The second kappa shape index (κ2) is 8.52. The summed E-state index contributed by atoms with van der Waals surface area (Å²) in [6.45, 7) is 4.60. The molecule has 0 aliphatic carbocycles. The monoisotopic (exact) mass is 368 g/mol. The van der Waals surface area contributed by atoms with Crippen molar-refractivity contribution in [3.63, 3.8) is 0 Å². The molecule has 0 spiro atoms. The second-order valence-electron chi connectivity index (χ2n) is 7.43. The first-order valence-electron chi connectivity index (χ1n) is 10.0. The molecule has 2 aliphatic rings. The van der Waals surface area contributed by atoms with Gasteiger partial charge >= 0.3 is 0 Å². The van der Waals surface area contributed by atoms with Crippen molar-refractivity contribution in [3.8, 4) is 0 Å². The van der Waals surface area contributed by atoms with E-state index in [1.165, 1.54) is 19.3 Å². The predicted molar refractivity (Wildman–Crippen MR) is 105 cm³/mol. The first-order chi connectivity index (χ1) is 13.3. The number of amides is 1. The van der Waals surface area contributed by atoms with Gasteiger partial charge in [-0.05, 0) is 62.4 Å². The third-order valence-electron chi connectivity index (χ3n) is 5.43. The average Bonchev–Trinajstić information content (AvgIpc) is 3.24. The summed E-state index contributed by atoms with van der Waals surface area (Å²) in [6, 6.07) is 6.18. The van der Waals surface area contributed by atoms with Crippen LogP contribution in [-0.4, -0.2) is 46.9 Å². The molecule has 2 N–H and O–H groups in total. The molecule has 4 heterocycles. The Kier molecular flexibility index (Phi) is 5.67. The molecule has 2 fully saturated rings. The van der Waals surface area contributed by atoms with E-state index in [1.807, 2.05) is 23.1 Å². The summed E-state index contributed by atoms with van der Waals surface area (Å²) < 4.78 is 1.92. The lowest BCUT2D eigenvalue weighted by Crippen LogP contribution is -2.32. The van der Waals surface area contributed by atoms with Gasteiger partial charge in [0.1, 0.15) is 11.5 Å². The number of carbonyl (C=O) groups excluding carboxylic acids is 1. The Morgan fingerprint density at radius 3 is 2.93 bits per heavy atom. The lowest BCUT2D eigenvalue weighted by Gasteiger charge is -2.27. The van der Waals surface area contributed by atoms with Gasteiger partial charge in [-0.1, -0.05) is 0 Å². The van der Waals surface area contributed by atoms with Crippen LogP contribution in [-0.2, 0) is 6.54 Å². The van der Waals surface area contributed by atoms with Crippen molar-refractivity contribution in [2.45, 2.75) is 44.7 Å². The molecule has 0 radical (unpaired) electrons. The minimum absolute atomic E-state index is 0.131. The first-order valence-corrected chi connectivity index (χ1v) is 10.0. The Labute approximate surface area is 160 Å². The van der Waals surface area contributed by atoms with Crippen LogP contribution in [0.3, 0.4) is 0 Å². The van der Waals surface area contributed by atoms with E-state index in [0.717, 1.165) is 50.4 Å². The van der Waals surface area contributed by atoms with Gasteiger partial charge in [0.2, 0.25) is 0 Å². The number of piperidine rings is 2. The lowest BCUT2D eigenvalue weighted by atomic mass is 10.1. The summed E-state index contributed by atoms with van der Waals surface area (Å²) in [5.41, 5.74) is 1.54. The summed E-state index contributed by atoms with van der Waals surface area (Å²) in [5.74, 6) is 0.879. The molecule has 0 saturated carbocycles. The molecule has 1 amide bonds. The Morgan fingerprint density at radius 2 is 2.11 bits per heavy atom. The number of pyridine rings is 1. The Bertz CT molecular complexity index is 761. The summed E-state index contributed by atoms with van der Waals surface area (Å²) in [6.07, 6.45) is 9.74. The minimum Gasteiger partial charge on any atom is -0.357 e. The zero-order chi connectivity index (χ0) is 18.5. The maximum Gasteiger partial charge on any atom is 0.272 e. The number of rotatable bonds is 5. The van der Waals surface area contributed by atoms with Crippen molar-refractivity contribution in [2.75, 3.05) is 31.1 Å². The average molecular weight is 368 g/mol. The third-order valence-corrected chi connectivity index (χ3v) is 5.43. The van der Waals surface area contributed by atoms with E-state index in [1.54, 1.807) is 6.07 Å². The van der Waals surface area contributed by atoms with E-state index in [9.17, 15) is 4.79 Å². The SMILES string of the molecule is O=C(NCc1ccnc(N2CCCCC2)c1)c1ccn(C2CCCNC2)n1. The molecule has 144 valence electrons. The summed E-state index contributed by atoms with van der Waals surface area (Å²) >= 11 is 0. The topological polar surface area (TPSA) is 75.1 Å². The Morgan fingerprint density at radius 1 is 1.22 bits per heavy atom. The van der Waals surface area contributed by atoms with Gasteiger partial charge in [-0.25, -0.2) is 4.98 Å². The van der Waals surface area contributed by atoms with E-state index < -0.39 is 0 Å². The number of hydrogen-bond acceptors (Lipinski definition) is 5. The number of carbonyl (C=O) groups is 1. The maximum absolute atomic E-state index is 12.5. The van der Waals surface area contributed by atoms with Crippen LogP contribution in [0.25, 0.3) is 0 Å². The highest BCUT2D eigenvalue weighted by molar-refractivity contribution is 5.92. The highest BCUT2D eigenvalue weighted by Gasteiger charge is 2.18. The van der Waals surface area contributed by atoms with Crippen LogP contribution in [0.15, 0.2) is 30.6 Å². The Balaban J connectivity index is 1.34. The van der Waals surface area contributed by atoms with Crippen molar-refractivity contribution in [3.05, 3.63) is 41.9 Å². The van der Waals surface area contributed by atoms with E-state index in [2.05, 4.69) is 31.7 Å². The van der Waals surface area contributed by atoms with Gasteiger partial charge in [0.15, 0.2) is 0 Å². The Hall–Kier alpha value is -2.41. The highest BCUT2D eigenvalue weighted by Crippen LogP contribution is 2.19. The van der Waals surface area contributed by atoms with Gasteiger partial charge in [-0.2, -0.15) is 5.10 Å². The molecule has 1 atom stereocenters. The zero-order valence-electron chi connectivity index (χ0n) is 15.7. The maximum atomic E-state index is 12.5. The number of nitrogens with one attached hydrogen (secondary N) is 2. The molecule has 4 rings (SSSR count). The standard InChI is InChI=1S/C20H28N6O/c27-20(18-7-12-26(24-18)17-5-4-8-21-15-17)23-14-16-6-9-22-19(13-16)25-10-2-1-3-11-25/h6-7,9,12-13,17,21H,1-5,8,10-11,14-15H2,(H,23,27). The number of aromatic nitrogens is 3. The predicted octanol–water partition coefficient (Wildman–Crippen LogP) is 2.12. The van der Waals surface area contributed by atoms with Gasteiger partial charge in [0.05, 0.1) is 6.04 Å². The van der Waals surface area contributed by atoms with Crippen LogP contribution in [0.5, 0.6) is 0 Å². The fourth-order valence-electron chi connectivity index (χ4n) is 3.86. The fourth-order valence-corrected chi connectivity index (χ4v) is 3.86. The molecular weight excluding hydrogens is 340 g/mol. The normalized spacial score (nSPS) is 20.4. The quantitative estimate of drug-likeness (QED) is 0.846. The van der Waals surface area contributed by atoms with E-state index in [4.69, 9.17) is 0 Å². The zero-order valence-corrected chi connectivity index (χ0v) is 15.7. The third kappa shape index (κ3) is 4.47. The second-order valence-corrected chi connectivity index (χ2v) is 7.43. The van der Waals surface area contributed by atoms with Crippen LogP contribution < -0.4 is 15.5 Å². The van der Waals surface area contributed by atoms with Crippen LogP contribution in [0.4, 0.5) is 5.82 Å². The molecule has 1 unspecified atom stereocenters. The number of nitrogens with zero attached hydrogens (tertiary/aromatic N) is 4. The minimum atomic E-state index is -0.131. The van der Waals surface area contributed by atoms with Crippen LogP contribution in [0, 0.1) is 0 Å². The van der Waals surface area contributed by atoms with Gasteiger partial charge in [0, 0.05) is 38.6 Å². The van der Waals surface area contributed by atoms with Gasteiger partial charge in [-0.15, -0.1) is 0 Å². The summed E-state index contributed by atoms with van der Waals surface area (Å²) in [7, 11) is 0. The molecule has 27 heavy (non-hydrogen) atoms. The largest absolute Gasteiger partial charge is 0.357 e. The van der Waals surface area contributed by atoms with Crippen molar-refractivity contribution < 1.29 is 4.79 Å². The molecule has 2 aromatic heterocycles. The molecule has 2 aliphatic heterocycles. The summed E-state index contributed by atoms with van der Waals surface area (Å²) in [5, 5.41) is 10.8. The van der Waals surface area contributed by atoms with Crippen LogP contribution >= 0.6 is 0 Å². The van der Waals surface area contributed by atoms with Crippen LogP contribution in [0.1, 0.15) is 54.2 Å². The molecule has 2 aromatic rings.